The highest BCUT2D eigenvalue weighted by Gasteiger charge is 2.51. The number of nitrogens with zero attached hydrogens (tertiary/aromatic N) is 8. The number of aromatic amines is 2. The number of hydrogen-bond donors (Lipinski definition) is 4. The number of nitrogens with one attached hydrogen (secondary N) is 4. The summed E-state index contributed by atoms with van der Waals surface area (Å²) in [5.74, 6) is 4.82. The maximum absolute atomic E-state index is 8.73. The number of nitriles is 2. The molecule has 0 bridgehead atoms. The van der Waals surface area contributed by atoms with Crippen molar-refractivity contribution >= 4 is 47.5 Å². The third-order valence-electron chi connectivity index (χ3n) is 10.3. The Labute approximate surface area is 343 Å². The molecule has 1 saturated heterocycles. The van der Waals surface area contributed by atoms with Gasteiger partial charge in [-0.15, -0.1) is 0 Å². The van der Waals surface area contributed by atoms with Crippen LogP contribution >= 0.6 is 11.6 Å². The van der Waals surface area contributed by atoms with Gasteiger partial charge in [0.1, 0.15) is 11.6 Å². The van der Waals surface area contributed by atoms with Crippen molar-refractivity contribution in [1.82, 2.24) is 40.3 Å². The number of anilines is 4. The summed E-state index contributed by atoms with van der Waals surface area (Å²) < 4.78 is 11.9. The van der Waals surface area contributed by atoms with Crippen LogP contribution in [0.25, 0.3) is 11.4 Å². The van der Waals surface area contributed by atoms with Crippen LogP contribution in [0.15, 0.2) is 85.2 Å². The molecule has 3 fully saturated rings. The lowest BCUT2D eigenvalue weighted by atomic mass is 9.79. The Bertz CT molecular complexity index is 2380. The molecule has 14 nitrogen and oxygen atoms in total. The molecule has 2 aromatic carbocycles. The van der Waals surface area contributed by atoms with Gasteiger partial charge in [-0.1, -0.05) is 48.5 Å². The molecule has 2 aliphatic carbocycles. The zero-order valence-electron chi connectivity index (χ0n) is 32.8. The summed E-state index contributed by atoms with van der Waals surface area (Å²) in [6.45, 7) is 8.15. The number of rotatable bonds is 10. The van der Waals surface area contributed by atoms with Crippen molar-refractivity contribution in [2.75, 3.05) is 10.6 Å². The summed E-state index contributed by atoms with van der Waals surface area (Å²) in [7, 11) is -0.328. The number of halogens is 1. The van der Waals surface area contributed by atoms with Gasteiger partial charge in [0, 0.05) is 53.3 Å². The van der Waals surface area contributed by atoms with E-state index >= 15 is 0 Å². The monoisotopic (exact) mass is 794 g/mol. The van der Waals surface area contributed by atoms with E-state index < -0.39 is 0 Å². The van der Waals surface area contributed by atoms with Crippen molar-refractivity contribution in [1.29, 1.82) is 10.5 Å². The van der Waals surface area contributed by atoms with E-state index in [1.165, 1.54) is 37.1 Å². The van der Waals surface area contributed by atoms with E-state index in [4.69, 9.17) is 31.4 Å². The molecule has 0 atom stereocenters. The van der Waals surface area contributed by atoms with Crippen LogP contribution in [0.2, 0.25) is 5.28 Å². The fraction of sp³-hybridized carbons (Fsp3) is 0.333. The Kier molecular flexibility index (Phi) is 12.1. The zero-order chi connectivity index (χ0) is 40.7. The summed E-state index contributed by atoms with van der Waals surface area (Å²) in [6, 6.07) is 27.4. The molecule has 6 aromatic rings. The standard InChI is InChI=1S/C18H16N6.C14H18BNO2.C10H10ClN5/c19-9-7-12-1-3-14(4-2-12)18-20-10-8-16(22-18)21-17-11-15(23-24-17)13-5-6-13;1-13(2)14(3,4)18-15(17-13)12-7-5-11(6-8-12)9-10-16;11-10-12-4-3-8(14-10)13-9-5-7(15-16-9)6-1-2-6/h1-4,8,10-11,13H,5-7H2,(H2,20,21,22,23,24);5-8H,9H2,1-4H3;3-6H,1-2H2,(H2,12,13,14,15,16). The van der Waals surface area contributed by atoms with Crippen LogP contribution in [0.5, 0.6) is 0 Å². The van der Waals surface area contributed by atoms with Crippen LogP contribution in [0, 0.1) is 22.7 Å². The number of H-pyrrole nitrogens is 2. The lowest BCUT2D eigenvalue weighted by molar-refractivity contribution is 0.00578. The average Bonchev–Trinajstić information content (AvgIpc) is 4.13. The molecule has 0 spiro atoms. The van der Waals surface area contributed by atoms with Crippen LogP contribution in [0.1, 0.15) is 87.7 Å². The molecule has 4 N–H and O–H groups in total. The first-order chi connectivity index (χ1) is 28.0. The van der Waals surface area contributed by atoms with Crippen molar-refractivity contribution in [2.45, 2.75) is 89.3 Å². The molecule has 9 rings (SSSR count). The molecule has 16 heteroatoms. The van der Waals surface area contributed by atoms with Gasteiger partial charge in [-0.25, -0.2) is 19.9 Å². The third-order valence-corrected chi connectivity index (χ3v) is 10.5. The first-order valence-electron chi connectivity index (χ1n) is 19.2. The van der Waals surface area contributed by atoms with E-state index in [2.05, 4.69) is 63.1 Å². The first kappa shape index (κ1) is 40.1. The molecule has 3 aliphatic rings. The van der Waals surface area contributed by atoms with E-state index in [9.17, 15) is 0 Å². The summed E-state index contributed by atoms with van der Waals surface area (Å²) in [4.78, 5) is 16.7. The second kappa shape index (κ2) is 17.6. The highest BCUT2D eigenvalue weighted by Crippen LogP contribution is 2.40. The van der Waals surface area contributed by atoms with Gasteiger partial charge in [0.25, 0.3) is 0 Å². The van der Waals surface area contributed by atoms with Gasteiger partial charge in [-0.3, -0.25) is 10.2 Å². The fourth-order valence-corrected chi connectivity index (χ4v) is 6.12. The minimum Gasteiger partial charge on any atom is -0.399 e. The number of hydrogen-bond acceptors (Lipinski definition) is 12. The molecule has 2 saturated carbocycles. The van der Waals surface area contributed by atoms with Gasteiger partial charge in [0.05, 0.1) is 36.2 Å². The van der Waals surface area contributed by atoms with Crippen LogP contribution in [-0.4, -0.2) is 58.7 Å². The first-order valence-corrected chi connectivity index (χ1v) is 19.6. The van der Waals surface area contributed by atoms with Crippen molar-refractivity contribution in [3.05, 3.63) is 113 Å². The van der Waals surface area contributed by atoms with Gasteiger partial charge in [-0.2, -0.15) is 20.7 Å². The average molecular weight is 795 g/mol. The van der Waals surface area contributed by atoms with E-state index in [0.29, 0.717) is 42.1 Å². The summed E-state index contributed by atoms with van der Waals surface area (Å²) in [6.07, 6.45) is 9.15. The predicted molar refractivity (Wildman–Crippen MR) is 223 cm³/mol. The molecule has 0 unspecified atom stereocenters. The van der Waals surface area contributed by atoms with E-state index in [1.54, 1.807) is 18.5 Å². The van der Waals surface area contributed by atoms with Crippen molar-refractivity contribution in [2.24, 2.45) is 0 Å². The SMILES string of the molecule is CC1(C)OB(c2ccc(CC#N)cc2)OC1(C)C.Clc1nccc(Nc2cc(C3CC3)[nH]n2)n1.N#CCc1ccc(-c2nccc(Nc3cc(C4CC4)[nH]n3)n2)cc1. The van der Waals surface area contributed by atoms with E-state index in [1.807, 2.05) is 94.4 Å². The molecular formula is C42H44BClN12O2. The second-order valence-corrected chi connectivity index (χ2v) is 15.7. The van der Waals surface area contributed by atoms with E-state index in [-0.39, 0.29) is 23.6 Å². The Balaban J connectivity index is 0.000000136. The Morgan fingerprint density at radius 2 is 1.17 bits per heavy atom. The van der Waals surface area contributed by atoms with Crippen LogP contribution in [0.4, 0.5) is 23.3 Å². The Morgan fingerprint density at radius 1 is 0.690 bits per heavy atom. The topological polar surface area (TPSA) is 199 Å². The summed E-state index contributed by atoms with van der Waals surface area (Å²) in [5.41, 5.74) is 5.64. The quantitative estimate of drug-likeness (QED) is 0.0769. The maximum Gasteiger partial charge on any atom is 0.494 e. The molecule has 4 aromatic heterocycles. The molecular weight excluding hydrogens is 751 g/mol. The largest absolute Gasteiger partial charge is 0.494 e. The highest BCUT2D eigenvalue weighted by atomic mass is 35.5. The third kappa shape index (κ3) is 10.4. The molecule has 294 valence electrons. The Morgan fingerprint density at radius 3 is 1.66 bits per heavy atom. The number of benzene rings is 2. The van der Waals surface area contributed by atoms with Crippen LogP contribution in [0.3, 0.4) is 0 Å². The van der Waals surface area contributed by atoms with Gasteiger partial charge in [0.15, 0.2) is 17.5 Å². The van der Waals surface area contributed by atoms with Crippen molar-refractivity contribution in [3.8, 4) is 23.5 Å². The predicted octanol–water partition coefficient (Wildman–Crippen LogP) is 8.08. The molecule has 0 amide bonds. The molecule has 5 heterocycles. The zero-order valence-corrected chi connectivity index (χ0v) is 33.6. The lowest BCUT2D eigenvalue weighted by Crippen LogP contribution is -2.41. The highest BCUT2D eigenvalue weighted by molar-refractivity contribution is 6.62. The normalized spacial score (nSPS) is 16.2. The lowest BCUT2D eigenvalue weighted by Gasteiger charge is -2.32. The minimum absolute atomic E-state index is 0.225. The van der Waals surface area contributed by atoms with Crippen LogP contribution < -0.4 is 16.1 Å². The maximum atomic E-state index is 8.73. The van der Waals surface area contributed by atoms with Gasteiger partial charge in [0.2, 0.25) is 5.28 Å². The van der Waals surface area contributed by atoms with Crippen molar-refractivity contribution in [3.63, 3.8) is 0 Å². The minimum atomic E-state index is -0.328. The molecule has 58 heavy (non-hydrogen) atoms. The fourth-order valence-electron chi connectivity index (χ4n) is 5.97. The number of aromatic nitrogens is 8. The van der Waals surface area contributed by atoms with Gasteiger partial charge < -0.3 is 19.9 Å². The smallest absolute Gasteiger partial charge is 0.399 e. The Hall–Kier alpha value is -6.13. The van der Waals surface area contributed by atoms with Gasteiger partial charge >= 0.3 is 7.12 Å². The van der Waals surface area contributed by atoms with Gasteiger partial charge in [-0.05, 0) is 93.7 Å². The van der Waals surface area contributed by atoms with Crippen LogP contribution in [-0.2, 0) is 22.2 Å². The van der Waals surface area contributed by atoms with E-state index in [0.717, 1.165) is 33.8 Å². The summed E-state index contributed by atoms with van der Waals surface area (Å²) in [5, 5.41) is 38.4. The van der Waals surface area contributed by atoms with Crippen molar-refractivity contribution < 1.29 is 9.31 Å². The second-order valence-electron chi connectivity index (χ2n) is 15.4. The summed E-state index contributed by atoms with van der Waals surface area (Å²) >= 11 is 5.69. The molecule has 1 aliphatic heterocycles. The molecule has 0 radical (unpaired) electrons.